The summed E-state index contributed by atoms with van der Waals surface area (Å²) in [5.74, 6) is -2.65. The number of aliphatic hydroxyl groups excluding tert-OH is 2. The number of benzene rings is 1. The summed E-state index contributed by atoms with van der Waals surface area (Å²) in [5.41, 5.74) is 0. The van der Waals surface area contributed by atoms with Crippen LogP contribution in [0.25, 0.3) is 0 Å². The van der Waals surface area contributed by atoms with Crippen molar-refractivity contribution in [3.63, 3.8) is 0 Å². The van der Waals surface area contributed by atoms with Gasteiger partial charge in [-0.25, -0.2) is 8.78 Å². The van der Waals surface area contributed by atoms with Gasteiger partial charge >= 0.3 is 0 Å². The number of nitrogens with one attached hydrogen (secondary N) is 1. The van der Waals surface area contributed by atoms with Gasteiger partial charge in [-0.1, -0.05) is 11.6 Å². The summed E-state index contributed by atoms with van der Waals surface area (Å²) in [6.07, 6.45) is -0.926. The fraction of sp³-hybridized carbons (Fsp3) is 0.500. The minimum atomic E-state index is -3.18. The molecular weight excluding hydrogens is 280 g/mol. The van der Waals surface area contributed by atoms with Crippen LogP contribution in [0.4, 0.5) is 8.78 Å². The number of ether oxygens (including phenoxy) is 1. The van der Waals surface area contributed by atoms with E-state index < -0.39 is 25.2 Å². The number of alkyl halides is 2. The monoisotopic (exact) mass is 295 g/mol. The Kier molecular flexibility index (Phi) is 6.44. The molecule has 1 aromatic rings. The maximum atomic E-state index is 12.7. The molecule has 0 saturated heterocycles. The lowest BCUT2D eigenvalue weighted by Gasteiger charge is -2.17. The largest absolute Gasteiger partial charge is 0.491 e. The molecule has 0 saturated carbocycles. The molecule has 0 spiro atoms. The maximum Gasteiger partial charge on any atom is 0.282 e. The van der Waals surface area contributed by atoms with Gasteiger partial charge in [-0.2, -0.15) is 0 Å². The van der Waals surface area contributed by atoms with Crippen molar-refractivity contribution in [2.24, 2.45) is 0 Å². The Balaban J connectivity index is 2.21. The summed E-state index contributed by atoms with van der Waals surface area (Å²) in [6.45, 7) is -2.00. The van der Waals surface area contributed by atoms with E-state index in [0.29, 0.717) is 10.8 Å². The van der Waals surface area contributed by atoms with Crippen molar-refractivity contribution in [1.82, 2.24) is 5.32 Å². The van der Waals surface area contributed by atoms with Gasteiger partial charge in [0, 0.05) is 11.6 Å². The van der Waals surface area contributed by atoms with Gasteiger partial charge in [0.25, 0.3) is 5.92 Å². The van der Waals surface area contributed by atoms with E-state index in [1.165, 1.54) is 0 Å². The first kappa shape index (κ1) is 16.1. The van der Waals surface area contributed by atoms with Gasteiger partial charge in [0.15, 0.2) is 0 Å². The molecule has 7 heteroatoms. The Morgan fingerprint density at radius 2 is 1.95 bits per heavy atom. The summed E-state index contributed by atoms with van der Waals surface area (Å²) < 4.78 is 30.6. The van der Waals surface area contributed by atoms with Crippen molar-refractivity contribution in [3.8, 4) is 5.75 Å². The van der Waals surface area contributed by atoms with Gasteiger partial charge in [-0.15, -0.1) is 0 Å². The molecule has 0 aromatic heterocycles. The minimum absolute atomic E-state index is 0.0284. The number of hydrogen-bond donors (Lipinski definition) is 3. The lowest BCUT2D eigenvalue weighted by atomic mass is 10.3. The van der Waals surface area contributed by atoms with E-state index >= 15 is 0 Å². The second-order valence-corrected chi connectivity index (χ2v) is 4.50. The van der Waals surface area contributed by atoms with Crippen LogP contribution in [0.3, 0.4) is 0 Å². The van der Waals surface area contributed by atoms with Crippen molar-refractivity contribution in [1.29, 1.82) is 0 Å². The lowest BCUT2D eigenvalue weighted by Crippen LogP contribution is -2.40. The Hall–Kier alpha value is -0.950. The molecule has 19 heavy (non-hydrogen) atoms. The zero-order chi connectivity index (χ0) is 14.3. The quantitative estimate of drug-likeness (QED) is 0.676. The maximum absolute atomic E-state index is 12.7. The molecule has 4 nitrogen and oxygen atoms in total. The van der Waals surface area contributed by atoms with E-state index in [1.54, 1.807) is 24.3 Å². The van der Waals surface area contributed by atoms with Crippen LogP contribution in [-0.2, 0) is 0 Å². The molecule has 0 aliphatic carbocycles. The molecule has 1 atom stereocenters. The van der Waals surface area contributed by atoms with Gasteiger partial charge in [0.05, 0.1) is 6.54 Å². The molecule has 0 amide bonds. The zero-order valence-electron chi connectivity index (χ0n) is 10.2. The number of aliphatic hydroxyl groups is 2. The third-order valence-electron chi connectivity index (χ3n) is 2.25. The SMILES string of the molecule is OCC(F)(F)CNCC(O)COc1ccc(Cl)cc1. The van der Waals surface area contributed by atoms with Crippen molar-refractivity contribution >= 4 is 11.6 Å². The fourth-order valence-corrected chi connectivity index (χ4v) is 1.39. The van der Waals surface area contributed by atoms with E-state index in [4.69, 9.17) is 21.4 Å². The molecule has 0 heterocycles. The predicted molar refractivity (Wildman–Crippen MR) is 67.9 cm³/mol. The van der Waals surface area contributed by atoms with E-state index in [0.717, 1.165) is 0 Å². The van der Waals surface area contributed by atoms with Crippen molar-refractivity contribution in [2.45, 2.75) is 12.0 Å². The highest BCUT2D eigenvalue weighted by atomic mass is 35.5. The third-order valence-corrected chi connectivity index (χ3v) is 2.50. The standard InChI is InChI=1S/C12H16ClF2NO3/c13-9-1-3-11(4-2-9)19-6-10(18)5-16-7-12(14,15)8-17/h1-4,10,16-18H,5-8H2. The van der Waals surface area contributed by atoms with Crippen LogP contribution in [0.2, 0.25) is 5.02 Å². The fourth-order valence-electron chi connectivity index (χ4n) is 1.26. The molecule has 108 valence electrons. The van der Waals surface area contributed by atoms with Crippen molar-refractivity contribution in [2.75, 3.05) is 26.3 Å². The van der Waals surface area contributed by atoms with Crippen LogP contribution in [0.1, 0.15) is 0 Å². The van der Waals surface area contributed by atoms with E-state index in [-0.39, 0.29) is 13.2 Å². The Labute approximate surface area is 115 Å². The number of hydrogen-bond acceptors (Lipinski definition) is 4. The highest BCUT2D eigenvalue weighted by Crippen LogP contribution is 2.15. The highest BCUT2D eigenvalue weighted by Gasteiger charge is 2.27. The highest BCUT2D eigenvalue weighted by molar-refractivity contribution is 6.30. The second-order valence-electron chi connectivity index (χ2n) is 4.06. The van der Waals surface area contributed by atoms with Crippen LogP contribution in [0, 0.1) is 0 Å². The Morgan fingerprint density at radius 3 is 2.53 bits per heavy atom. The summed E-state index contributed by atoms with van der Waals surface area (Å²) >= 11 is 5.69. The topological polar surface area (TPSA) is 61.7 Å². The Bertz CT molecular complexity index is 376. The van der Waals surface area contributed by atoms with Crippen LogP contribution in [0.5, 0.6) is 5.75 Å². The van der Waals surface area contributed by atoms with Crippen molar-refractivity contribution in [3.05, 3.63) is 29.3 Å². The lowest BCUT2D eigenvalue weighted by molar-refractivity contribution is -0.0493. The summed E-state index contributed by atoms with van der Waals surface area (Å²) in [6, 6.07) is 6.57. The first-order valence-electron chi connectivity index (χ1n) is 5.69. The van der Waals surface area contributed by atoms with Crippen LogP contribution in [-0.4, -0.2) is 48.5 Å². The summed E-state index contributed by atoms with van der Waals surface area (Å²) in [5, 5.41) is 20.8. The summed E-state index contributed by atoms with van der Waals surface area (Å²) in [7, 11) is 0. The van der Waals surface area contributed by atoms with Gasteiger partial charge in [0.1, 0.15) is 25.1 Å². The molecule has 0 radical (unpaired) electrons. The number of rotatable bonds is 8. The van der Waals surface area contributed by atoms with Crippen LogP contribution in [0.15, 0.2) is 24.3 Å². The average Bonchev–Trinajstić information content (AvgIpc) is 2.38. The second kappa shape index (κ2) is 7.59. The van der Waals surface area contributed by atoms with E-state index in [2.05, 4.69) is 5.32 Å². The first-order chi connectivity index (χ1) is 8.93. The van der Waals surface area contributed by atoms with Crippen LogP contribution < -0.4 is 10.1 Å². The smallest absolute Gasteiger partial charge is 0.282 e. The molecular formula is C12H16ClF2NO3. The Morgan fingerprint density at radius 1 is 1.32 bits per heavy atom. The van der Waals surface area contributed by atoms with Gasteiger partial charge in [0.2, 0.25) is 0 Å². The molecule has 0 aliphatic rings. The molecule has 0 fully saturated rings. The molecule has 0 bridgehead atoms. The van der Waals surface area contributed by atoms with Gasteiger partial charge in [-0.3, -0.25) is 0 Å². The van der Waals surface area contributed by atoms with Gasteiger partial charge in [-0.05, 0) is 24.3 Å². The van der Waals surface area contributed by atoms with Crippen molar-refractivity contribution < 1.29 is 23.7 Å². The zero-order valence-corrected chi connectivity index (χ0v) is 10.9. The predicted octanol–water partition coefficient (Wildman–Crippen LogP) is 1.30. The molecule has 0 aliphatic heterocycles. The van der Waals surface area contributed by atoms with Gasteiger partial charge < -0.3 is 20.3 Å². The third kappa shape index (κ3) is 6.68. The molecule has 1 rings (SSSR count). The average molecular weight is 296 g/mol. The molecule has 3 N–H and O–H groups in total. The normalized spacial score (nSPS) is 13.3. The minimum Gasteiger partial charge on any atom is -0.491 e. The molecule has 1 unspecified atom stereocenters. The van der Waals surface area contributed by atoms with Crippen LogP contribution >= 0.6 is 11.6 Å². The summed E-state index contributed by atoms with van der Waals surface area (Å²) in [4.78, 5) is 0. The first-order valence-corrected chi connectivity index (χ1v) is 6.06. The van der Waals surface area contributed by atoms with E-state index in [9.17, 15) is 13.9 Å². The van der Waals surface area contributed by atoms with E-state index in [1.807, 2.05) is 0 Å². The number of halogens is 3. The molecule has 1 aromatic carbocycles.